The van der Waals surface area contributed by atoms with Crippen LogP contribution in [0.1, 0.15) is 20.3 Å². The Balaban J connectivity index is 2.71. The normalized spacial score (nSPS) is 12.5. The van der Waals surface area contributed by atoms with E-state index >= 15 is 0 Å². The lowest BCUT2D eigenvalue weighted by Crippen LogP contribution is -2.45. The van der Waals surface area contributed by atoms with Gasteiger partial charge in [-0.1, -0.05) is 0 Å². The van der Waals surface area contributed by atoms with E-state index in [-0.39, 0.29) is 10.8 Å². The van der Waals surface area contributed by atoms with Gasteiger partial charge in [0.05, 0.1) is 10.9 Å². The van der Waals surface area contributed by atoms with E-state index in [1.54, 1.807) is 0 Å². The number of amides is 2. The summed E-state index contributed by atoms with van der Waals surface area (Å²) in [6.07, 6.45) is 0.621. The monoisotopic (exact) mass is 342 g/mol. The van der Waals surface area contributed by atoms with Crippen molar-refractivity contribution >= 4 is 27.5 Å². The van der Waals surface area contributed by atoms with Crippen LogP contribution in [0.4, 0.5) is 5.69 Å². The molecule has 0 bridgehead atoms. The maximum absolute atomic E-state index is 12.2. The topological polar surface area (TPSA) is 130 Å². The van der Waals surface area contributed by atoms with Gasteiger partial charge in [0.25, 0.3) is 0 Å². The van der Waals surface area contributed by atoms with E-state index in [4.69, 9.17) is 5.73 Å². The van der Waals surface area contributed by atoms with Crippen molar-refractivity contribution in [1.29, 1.82) is 0 Å². The minimum Gasteiger partial charge on any atom is -0.355 e. The fourth-order valence-electron chi connectivity index (χ4n) is 1.74. The van der Waals surface area contributed by atoms with Crippen molar-refractivity contribution in [2.24, 2.45) is 5.73 Å². The van der Waals surface area contributed by atoms with Crippen LogP contribution in [0, 0.1) is 0 Å². The Bertz CT molecular complexity index is 643. The van der Waals surface area contributed by atoms with Gasteiger partial charge in [0.2, 0.25) is 21.8 Å². The summed E-state index contributed by atoms with van der Waals surface area (Å²) < 4.78 is 26.7. The quantitative estimate of drug-likeness (QED) is 0.485. The Morgan fingerprint density at radius 3 is 2.35 bits per heavy atom. The van der Waals surface area contributed by atoms with Crippen LogP contribution in [0.15, 0.2) is 29.2 Å². The lowest BCUT2D eigenvalue weighted by atomic mass is 10.3. The van der Waals surface area contributed by atoms with Gasteiger partial charge in [-0.3, -0.25) is 9.59 Å². The molecule has 1 unspecified atom stereocenters. The van der Waals surface area contributed by atoms with Crippen LogP contribution in [0.5, 0.6) is 0 Å². The van der Waals surface area contributed by atoms with Crippen LogP contribution >= 0.6 is 0 Å². The maximum Gasteiger partial charge on any atom is 0.241 e. The number of rotatable bonds is 8. The molecule has 0 aliphatic carbocycles. The van der Waals surface area contributed by atoms with Gasteiger partial charge < -0.3 is 16.4 Å². The van der Waals surface area contributed by atoms with Gasteiger partial charge in [-0.2, -0.15) is 4.72 Å². The Kier molecular flexibility index (Phi) is 7.14. The molecule has 0 aromatic heterocycles. The Hall–Kier alpha value is -1.97. The zero-order chi connectivity index (χ0) is 17.5. The lowest BCUT2D eigenvalue weighted by Gasteiger charge is -2.14. The number of hydrogen-bond donors (Lipinski definition) is 4. The van der Waals surface area contributed by atoms with Gasteiger partial charge in [0.15, 0.2) is 0 Å². The molecule has 1 aromatic carbocycles. The van der Waals surface area contributed by atoms with Crippen LogP contribution in [-0.2, 0) is 19.6 Å². The fourth-order valence-corrected chi connectivity index (χ4v) is 2.94. The highest BCUT2D eigenvalue weighted by Gasteiger charge is 2.21. The molecule has 0 aliphatic rings. The highest BCUT2D eigenvalue weighted by Crippen LogP contribution is 2.14. The van der Waals surface area contributed by atoms with Crippen LogP contribution < -0.4 is 21.1 Å². The van der Waals surface area contributed by atoms with Gasteiger partial charge in [-0.25, -0.2) is 8.42 Å². The van der Waals surface area contributed by atoms with E-state index in [1.165, 1.54) is 38.1 Å². The second-order valence-electron chi connectivity index (χ2n) is 4.98. The molecule has 1 rings (SSSR count). The molecule has 0 saturated heterocycles. The van der Waals surface area contributed by atoms with E-state index in [1.807, 2.05) is 0 Å². The SMILES string of the molecule is CC(=O)Nc1ccc(S(=O)(=O)NC(C)C(=O)NCCCN)cc1. The standard InChI is InChI=1S/C14H22N4O4S/c1-10(14(20)16-9-3-8-15)18-23(21,22)13-6-4-12(5-7-13)17-11(2)19/h4-7,10,18H,3,8-9,15H2,1-2H3,(H,16,20)(H,17,19). The van der Waals surface area contributed by atoms with Crippen molar-refractivity contribution in [2.75, 3.05) is 18.4 Å². The molecule has 5 N–H and O–H groups in total. The maximum atomic E-state index is 12.2. The fraction of sp³-hybridized carbons (Fsp3) is 0.429. The lowest BCUT2D eigenvalue weighted by molar-refractivity contribution is -0.122. The third kappa shape index (κ3) is 6.35. The molecule has 8 nitrogen and oxygen atoms in total. The zero-order valence-corrected chi connectivity index (χ0v) is 13.9. The van der Waals surface area contributed by atoms with Crippen LogP contribution in [0.2, 0.25) is 0 Å². The average molecular weight is 342 g/mol. The third-order valence-electron chi connectivity index (χ3n) is 2.89. The number of sulfonamides is 1. The predicted octanol–water partition coefficient (Wildman–Crippen LogP) is -0.223. The first-order valence-electron chi connectivity index (χ1n) is 7.14. The van der Waals surface area contributed by atoms with E-state index < -0.39 is 22.0 Å². The molecule has 0 fully saturated rings. The molecule has 0 heterocycles. The van der Waals surface area contributed by atoms with Gasteiger partial charge in [-0.15, -0.1) is 0 Å². The van der Waals surface area contributed by atoms with Crippen molar-refractivity contribution in [1.82, 2.24) is 10.0 Å². The van der Waals surface area contributed by atoms with Crippen molar-refractivity contribution in [3.63, 3.8) is 0 Å². The van der Waals surface area contributed by atoms with Crippen LogP contribution in [0.25, 0.3) is 0 Å². The minimum atomic E-state index is -3.83. The first-order chi connectivity index (χ1) is 10.8. The van der Waals surface area contributed by atoms with Gasteiger partial charge in [0.1, 0.15) is 0 Å². The minimum absolute atomic E-state index is 0.00760. The number of anilines is 1. The van der Waals surface area contributed by atoms with Crippen LogP contribution in [-0.4, -0.2) is 39.4 Å². The highest BCUT2D eigenvalue weighted by atomic mass is 32.2. The average Bonchev–Trinajstić information content (AvgIpc) is 2.46. The molecule has 128 valence electrons. The first-order valence-corrected chi connectivity index (χ1v) is 8.62. The second-order valence-corrected chi connectivity index (χ2v) is 6.70. The summed E-state index contributed by atoms with van der Waals surface area (Å²) in [7, 11) is -3.83. The number of benzene rings is 1. The first kappa shape index (κ1) is 19.1. The Morgan fingerprint density at radius 2 is 1.83 bits per heavy atom. The third-order valence-corrected chi connectivity index (χ3v) is 4.45. The van der Waals surface area contributed by atoms with Crippen molar-refractivity contribution in [3.05, 3.63) is 24.3 Å². The highest BCUT2D eigenvalue weighted by molar-refractivity contribution is 7.89. The summed E-state index contributed by atoms with van der Waals surface area (Å²) in [6, 6.07) is 4.75. The molecule has 1 atom stereocenters. The van der Waals surface area contributed by atoms with Gasteiger partial charge in [-0.05, 0) is 44.2 Å². The smallest absolute Gasteiger partial charge is 0.241 e. The van der Waals surface area contributed by atoms with E-state index in [0.717, 1.165) is 0 Å². The van der Waals surface area contributed by atoms with Crippen molar-refractivity contribution in [2.45, 2.75) is 31.2 Å². The number of nitrogens with two attached hydrogens (primary N) is 1. The predicted molar refractivity (Wildman–Crippen MR) is 87.2 cm³/mol. The molecule has 0 radical (unpaired) electrons. The Morgan fingerprint density at radius 1 is 1.22 bits per heavy atom. The molecule has 9 heteroatoms. The second kappa shape index (κ2) is 8.61. The van der Waals surface area contributed by atoms with Crippen molar-refractivity contribution < 1.29 is 18.0 Å². The van der Waals surface area contributed by atoms with Crippen molar-refractivity contribution in [3.8, 4) is 0 Å². The summed E-state index contributed by atoms with van der Waals surface area (Å²) in [5.74, 6) is -0.668. The van der Waals surface area contributed by atoms with Gasteiger partial charge >= 0.3 is 0 Å². The molecule has 23 heavy (non-hydrogen) atoms. The van der Waals surface area contributed by atoms with E-state index in [2.05, 4.69) is 15.4 Å². The number of hydrogen-bond acceptors (Lipinski definition) is 5. The summed E-state index contributed by atoms with van der Waals surface area (Å²) in [5, 5.41) is 5.14. The van der Waals surface area contributed by atoms with Crippen LogP contribution in [0.3, 0.4) is 0 Å². The largest absolute Gasteiger partial charge is 0.355 e. The molecular weight excluding hydrogens is 320 g/mol. The summed E-state index contributed by atoms with van der Waals surface area (Å²) >= 11 is 0. The number of carbonyl (C=O) groups excluding carboxylic acids is 2. The molecule has 1 aromatic rings. The molecule has 2 amide bonds. The molecule has 0 spiro atoms. The van der Waals surface area contributed by atoms with E-state index in [0.29, 0.717) is 25.2 Å². The van der Waals surface area contributed by atoms with E-state index in [9.17, 15) is 18.0 Å². The number of carbonyl (C=O) groups is 2. The zero-order valence-electron chi connectivity index (χ0n) is 13.1. The molecule has 0 aliphatic heterocycles. The molecule has 0 saturated carbocycles. The summed E-state index contributed by atoms with van der Waals surface area (Å²) in [5.41, 5.74) is 5.81. The summed E-state index contributed by atoms with van der Waals surface area (Å²) in [6.45, 7) is 3.66. The summed E-state index contributed by atoms with van der Waals surface area (Å²) in [4.78, 5) is 22.7. The molecular formula is C14H22N4O4S. The van der Waals surface area contributed by atoms with Gasteiger partial charge in [0, 0.05) is 19.2 Å². The number of nitrogens with one attached hydrogen (secondary N) is 3. The Labute approximate surface area is 135 Å².